The predicted octanol–water partition coefficient (Wildman–Crippen LogP) is 3.05. The molecule has 0 radical (unpaired) electrons. The van der Waals surface area contributed by atoms with E-state index in [-0.39, 0.29) is 18.1 Å². The Morgan fingerprint density at radius 3 is 2.29 bits per heavy atom. The van der Waals surface area contributed by atoms with Crippen LogP contribution in [0, 0.1) is 0 Å². The molecule has 96 valence electrons. The Morgan fingerprint density at radius 2 is 1.82 bits per heavy atom. The first-order chi connectivity index (χ1) is 7.83. The fraction of sp³-hybridized carbons (Fsp3) is 0.455. The average Bonchev–Trinajstić information content (AvgIpc) is 2.18. The lowest BCUT2D eigenvalue weighted by atomic mass is 10.2. The third-order valence-corrected chi connectivity index (χ3v) is 1.97. The van der Waals surface area contributed by atoms with E-state index < -0.39 is 6.36 Å². The molecule has 3 nitrogen and oxygen atoms in total. The molecule has 1 aromatic rings. The maximum atomic E-state index is 12.1. The van der Waals surface area contributed by atoms with E-state index in [0.29, 0.717) is 0 Å². The lowest BCUT2D eigenvalue weighted by molar-refractivity contribution is -0.275. The molecule has 0 heterocycles. The Hall–Kier alpha value is -1.59. The summed E-state index contributed by atoms with van der Waals surface area (Å²) in [5.41, 5.74) is 0.739. The van der Waals surface area contributed by atoms with Crippen LogP contribution in [0.4, 0.5) is 18.9 Å². The van der Waals surface area contributed by atoms with Crippen molar-refractivity contribution in [3.05, 3.63) is 18.2 Å². The topological polar surface area (TPSA) is 21.7 Å². The second-order valence-corrected chi connectivity index (χ2v) is 3.51. The van der Waals surface area contributed by atoms with E-state index in [2.05, 4.69) is 4.74 Å². The minimum atomic E-state index is -4.72. The molecule has 0 N–H and O–H groups in total. The average molecular weight is 249 g/mol. The molecule has 0 unspecified atom stereocenters. The van der Waals surface area contributed by atoms with Crippen LogP contribution >= 0.6 is 0 Å². The Kier molecular flexibility index (Phi) is 4.09. The Labute approximate surface area is 97.7 Å². The highest BCUT2D eigenvalue weighted by Gasteiger charge is 2.32. The van der Waals surface area contributed by atoms with Gasteiger partial charge in [0.2, 0.25) is 0 Å². The molecular formula is C11H14F3NO2. The largest absolute Gasteiger partial charge is 0.573 e. The minimum Gasteiger partial charge on any atom is -0.490 e. The third-order valence-electron chi connectivity index (χ3n) is 1.97. The van der Waals surface area contributed by atoms with Gasteiger partial charge < -0.3 is 14.4 Å². The molecule has 17 heavy (non-hydrogen) atoms. The molecule has 0 aliphatic carbocycles. The number of benzene rings is 1. The van der Waals surface area contributed by atoms with Gasteiger partial charge in [-0.2, -0.15) is 0 Å². The summed E-state index contributed by atoms with van der Waals surface area (Å²) in [6.07, 6.45) is -4.72. The van der Waals surface area contributed by atoms with Crippen molar-refractivity contribution in [1.82, 2.24) is 0 Å². The molecule has 6 heteroatoms. The zero-order chi connectivity index (χ0) is 13.1. The highest BCUT2D eigenvalue weighted by Crippen LogP contribution is 2.35. The van der Waals surface area contributed by atoms with E-state index >= 15 is 0 Å². The van der Waals surface area contributed by atoms with Gasteiger partial charge in [0.05, 0.1) is 6.61 Å². The van der Waals surface area contributed by atoms with Crippen molar-refractivity contribution in [2.45, 2.75) is 13.3 Å². The summed E-state index contributed by atoms with van der Waals surface area (Å²) in [4.78, 5) is 1.76. The SMILES string of the molecule is CCOc1cc(N(C)C)ccc1OC(F)(F)F. The van der Waals surface area contributed by atoms with Crippen LogP contribution in [0.5, 0.6) is 11.5 Å². The second kappa shape index (κ2) is 5.16. The van der Waals surface area contributed by atoms with Crippen molar-refractivity contribution in [2.75, 3.05) is 25.6 Å². The van der Waals surface area contributed by atoms with Gasteiger partial charge in [0.25, 0.3) is 0 Å². The Balaban J connectivity index is 3.04. The number of hydrogen-bond donors (Lipinski definition) is 0. The van der Waals surface area contributed by atoms with E-state index in [1.165, 1.54) is 18.2 Å². The number of nitrogens with zero attached hydrogens (tertiary/aromatic N) is 1. The van der Waals surface area contributed by atoms with Crippen molar-refractivity contribution in [1.29, 1.82) is 0 Å². The van der Waals surface area contributed by atoms with Gasteiger partial charge >= 0.3 is 6.36 Å². The molecule has 0 aromatic heterocycles. The quantitative estimate of drug-likeness (QED) is 0.818. The molecule has 0 amide bonds. The molecule has 0 fully saturated rings. The molecule has 0 atom stereocenters. The van der Waals surface area contributed by atoms with Crippen LogP contribution in [0.15, 0.2) is 18.2 Å². The summed E-state index contributed by atoms with van der Waals surface area (Å²) in [5.74, 6) is -0.249. The van der Waals surface area contributed by atoms with Crippen LogP contribution in [0.1, 0.15) is 6.92 Å². The molecular weight excluding hydrogens is 235 g/mol. The van der Waals surface area contributed by atoms with Crippen molar-refractivity contribution in [3.8, 4) is 11.5 Å². The molecule has 0 aliphatic heterocycles. The fourth-order valence-corrected chi connectivity index (χ4v) is 1.25. The van der Waals surface area contributed by atoms with Crippen molar-refractivity contribution < 1.29 is 22.6 Å². The van der Waals surface area contributed by atoms with Crippen molar-refractivity contribution in [3.63, 3.8) is 0 Å². The van der Waals surface area contributed by atoms with Crippen LogP contribution < -0.4 is 14.4 Å². The van der Waals surface area contributed by atoms with Gasteiger partial charge in [-0.25, -0.2) is 0 Å². The maximum absolute atomic E-state index is 12.1. The van der Waals surface area contributed by atoms with Crippen LogP contribution in [0.25, 0.3) is 0 Å². The molecule has 0 saturated carbocycles. The lowest BCUT2D eigenvalue weighted by Crippen LogP contribution is -2.18. The third kappa shape index (κ3) is 4.05. The van der Waals surface area contributed by atoms with Crippen molar-refractivity contribution in [2.24, 2.45) is 0 Å². The van der Waals surface area contributed by atoms with Gasteiger partial charge in [0.1, 0.15) is 0 Å². The van der Waals surface area contributed by atoms with E-state index in [0.717, 1.165) is 5.69 Å². The van der Waals surface area contributed by atoms with Crippen molar-refractivity contribution >= 4 is 5.69 Å². The summed E-state index contributed by atoms with van der Waals surface area (Å²) in [5, 5.41) is 0. The van der Waals surface area contributed by atoms with Crippen LogP contribution in [-0.2, 0) is 0 Å². The number of halogens is 3. The first-order valence-corrected chi connectivity index (χ1v) is 5.03. The standard InChI is InChI=1S/C11H14F3NO2/c1-4-16-10-7-8(15(2)3)5-6-9(10)17-11(12,13)14/h5-7H,4H2,1-3H3. The van der Waals surface area contributed by atoms with E-state index in [1.54, 1.807) is 25.9 Å². The summed E-state index contributed by atoms with van der Waals surface area (Å²) in [7, 11) is 3.57. The first kappa shape index (κ1) is 13.5. The predicted molar refractivity (Wildman–Crippen MR) is 58.6 cm³/mol. The van der Waals surface area contributed by atoms with E-state index in [4.69, 9.17) is 4.74 Å². The van der Waals surface area contributed by atoms with E-state index in [9.17, 15) is 13.2 Å². The Morgan fingerprint density at radius 1 is 1.18 bits per heavy atom. The van der Waals surface area contributed by atoms with Gasteiger partial charge in [-0.15, -0.1) is 13.2 Å². The normalized spacial score (nSPS) is 11.2. The zero-order valence-electron chi connectivity index (χ0n) is 9.84. The van der Waals surface area contributed by atoms with Gasteiger partial charge in [-0.05, 0) is 19.1 Å². The van der Waals surface area contributed by atoms with Gasteiger partial charge in [-0.1, -0.05) is 0 Å². The second-order valence-electron chi connectivity index (χ2n) is 3.51. The molecule has 0 saturated heterocycles. The lowest BCUT2D eigenvalue weighted by Gasteiger charge is -2.17. The summed E-state index contributed by atoms with van der Waals surface area (Å²) in [6.45, 7) is 1.96. The van der Waals surface area contributed by atoms with Crippen LogP contribution in [0.3, 0.4) is 0 Å². The van der Waals surface area contributed by atoms with Gasteiger partial charge in [-0.3, -0.25) is 0 Å². The van der Waals surface area contributed by atoms with Crippen LogP contribution in [-0.4, -0.2) is 27.1 Å². The van der Waals surface area contributed by atoms with Gasteiger partial charge in [0, 0.05) is 25.8 Å². The summed E-state index contributed by atoms with van der Waals surface area (Å²) in [6, 6.07) is 4.28. The highest BCUT2D eigenvalue weighted by atomic mass is 19.4. The molecule has 0 spiro atoms. The molecule has 0 bridgehead atoms. The van der Waals surface area contributed by atoms with E-state index in [1.807, 2.05) is 0 Å². The number of alkyl halides is 3. The number of rotatable bonds is 4. The monoisotopic (exact) mass is 249 g/mol. The number of anilines is 1. The number of hydrogen-bond acceptors (Lipinski definition) is 3. The summed E-state index contributed by atoms with van der Waals surface area (Å²) < 4.78 is 45.4. The Bertz CT molecular complexity index is 377. The molecule has 0 aliphatic rings. The highest BCUT2D eigenvalue weighted by molar-refractivity contribution is 5.55. The molecule has 1 rings (SSSR count). The first-order valence-electron chi connectivity index (χ1n) is 5.03. The fourth-order valence-electron chi connectivity index (χ4n) is 1.25. The maximum Gasteiger partial charge on any atom is 0.573 e. The number of ether oxygens (including phenoxy) is 2. The molecule has 1 aromatic carbocycles. The summed E-state index contributed by atoms with van der Waals surface area (Å²) >= 11 is 0. The van der Waals surface area contributed by atoms with Crippen LogP contribution in [0.2, 0.25) is 0 Å². The zero-order valence-corrected chi connectivity index (χ0v) is 9.84. The van der Waals surface area contributed by atoms with Gasteiger partial charge in [0.15, 0.2) is 11.5 Å². The minimum absolute atomic E-state index is 0.0797. The smallest absolute Gasteiger partial charge is 0.490 e.